The van der Waals surface area contributed by atoms with Crippen molar-refractivity contribution in [2.45, 2.75) is 24.4 Å². The van der Waals surface area contributed by atoms with E-state index in [1.165, 1.54) is 33.5 Å². The Kier molecular flexibility index (Phi) is 6.38. The van der Waals surface area contributed by atoms with Gasteiger partial charge in [-0.1, -0.05) is 30.3 Å². The zero-order valence-corrected chi connectivity index (χ0v) is 18.1. The Hall–Kier alpha value is -2.79. The van der Waals surface area contributed by atoms with Gasteiger partial charge in [0, 0.05) is 35.1 Å². The number of fused-ring (bicyclic) bond motifs is 1. The Morgan fingerprint density at radius 2 is 1.97 bits per heavy atom. The lowest BCUT2D eigenvalue weighted by Gasteiger charge is -2.26. The molecular weight excluding hydrogens is 412 g/mol. The van der Waals surface area contributed by atoms with Gasteiger partial charge < -0.3 is 11.1 Å². The fraction of sp³-hybridized carbons (Fsp3) is 0.217. The maximum absolute atomic E-state index is 12.5. The number of thiophene rings is 1. The van der Waals surface area contributed by atoms with Crippen molar-refractivity contribution in [2.75, 3.05) is 23.3 Å². The molecule has 152 valence electrons. The Balaban J connectivity index is 1.40. The zero-order chi connectivity index (χ0) is 20.9. The molecule has 3 aromatic rings. The van der Waals surface area contributed by atoms with E-state index in [1.54, 1.807) is 0 Å². The normalized spacial score (nSPS) is 13.4. The summed E-state index contributed by atoms with van der Waals surface area (Å²) in [6.45, 7) is 2.60. The van der Waals surface area contributed by atoms with Crippen molar-refractivity contribution in [1.82, 2.24) is 4.90 Å². The highest BCUT2D eigenvalue weighted by Crippen LogP contribution is 2.37. The lowest BCUT2D eigenvalue weighted by molar-refractivity contribution is -0.113. The minimum Gasteiger partial charge on any atom is -0.399 e. The first-order chi connectivity index (χ1) is 14.6. The molecule has 1 amide bonds. The van der Waals surface area contributed by atoms with E-state index in [0.29, 0.717) is 16.3 Å². The predicted octanol–water partition coefficient (Wildman–Crippen LogP) is 4.49. The molecular formula is C23H22N4OS2. The monoisotopic (exact) mass is 434 g/mol. The summed E-state index contributed by atoms with van der Waals surface area (Å²) >= 11 is 2.98. The third-order valence-electron chi connectivity index (χ3n) is 5.00. The summed E-state index contributed by atoms with van der Waals surface area (Å²) in [6, 6.07) is 20.2. The molecule has 3 N–H and O–H groups in total. The summed E-state index contributed by atoms with van der Waals surface area (Å²) < 4.78 is 0. The van der Waals surface area contributed by atoms with Crippen molar-refractivity contribution in [1.29, 1.82) is 5.26 Å². The highest BCUT2D eigenvalue weighted by Gasteiger charge is 2.25. The topological polar surface area (TPSA) is 82.1 Å². The summed E-state index contributed by atoms with van der Waals surface area (Å²) in [5.74, 6) is 0.186. The van der Waals surface area contributed by atoms with Crippen LogP contribution in [0.4, 0.5) is 10.7 Å². The van der Waals surface area contributed by atoms with E-state index < -0.39 is 0 Å². The van der Waals surface area contributed by atoms with Crippen LogP contribution in [0.15, 0.2) is 59.5 Å². The van der Waals surface area contributed by atoms with Crippen LogP contribution in [0.25, 0.3) is 0 Å². The number of nitrogens with two attached hydrogens (primary N) is 1. The van der Waals surface area contributed by atoms with Gasteiger partial charge in [0.25, 0.3) is 0 Å². The molecule has 1 aliphatic rings. The molecule has 0 radical (unpaired) electrons. The van der Waals surface area contributed by atoms with E-state index in [2.05, 4.69) is 40.6 Å². The molecule has 1 aliphatic heterocycles. The highest BCUT2D eigenvalue weighted by atomic mass is 32.2. The van der Waals surface area contributed by atoms with Crippen LogP contribution in [0.1, 0.15) is 21.6 Å². The average Bonchev–Trinajstić information content (AvgIpc) is 3.10. The number of amides is 1. The van der Waals surface area contributed by atoms with Gasteiger partial charge >= 0.3 is 0 Å². The summed E-state index contributed by atoms with van der Waals surface area (Å²) in [4.78, 5) is 17.0. The number of thioether (sulfide) groups is 1. The van der Waals surface area contributed by atoms with Gasteiger partial charge in [-0.25, -0.2) is 0 Å². The number of nitrogens with one attached hydrogen (secondary N) is 1. The molecule has 0 saturated heterocycles. The van der Waals surface area contributed by atoms with Gasteiger partial charge in [-0.3, -0.25) is 9.69 Å². The van der Waals surface area contributed by atoms with Gasteiger partial charge in [0.15, 0.2) is 0 Å². The van der Waals surface area contributed by atoms with E-state index in [4.69, 9.17) is 5.73 Å². The molecule has 0 spiro atoms. The van der Waals surface area contributed by atoms with Gasteiger partial charge in [-0.05, 0) is 41.8 Å². The minimum absolute atomic E-state index is 0.104. The number of rotatable bonds is 6. The molecule has 4 rings (SSSR count). The Morgan fingerprint density at radius 1 is 1.20 bits per heavy atom. The van der Waals surface area contributed by atoms with Crippen LogP contribution >= 0.6 is 23.1 Å². The van der Waals surface area contributed by atoms with E-state index in [1.807, 2.05) is 30.3 Å². The van der Waals surface area contributed by atoms with Gasteiger partial charge in [-0.15, -0.1) is 23.1 Å². The fourth-order valence-corrected chi connectivity index (χ4v) is 5.47. The number of nitriles is 1. The third-order valence-corrected chi connectivity index (χ3v) is 7.14. The molecule has 0 bridgehead atoms. The highest BCUT2D eigenvalue weighted by molar-refractivity contribution is 8.00. The number of nitrogen functional groups attached to an aromatic ring is 1. The smallest absolute Gasteiger partial charge is 0.235 e. The maximum atomic E-state index is 12.5. The molecule has 2 heterocycles. The second-order valence-electron chi connectivity index (χ2n) is 7.17. The van der Waals surface area contributed by atoms with Crippen molar-refractivity contribution >= 4 is 39.7 Å². The van der Waals surface area contributed by atoms with E-state index >= 15 is 0 Å². The molecule has 0 aliphatic carbocycles. The van der Waals surface area contributed by atoms with Crippen LogP contribution < -0.4 is 11.1 Å². The molecule has 1 aromatic heterocycles. The zero-order valence-electron chi connectivity index (χ0n) is 16.4. The lowest BCUT2D eigenvalue weighted by Crippen LogP contribution is -2.29. The first kappa shape index (κ1) is 20.5. The number of hydrogen-bond donors (Lipinski definition) is 2. The van der Waals surface area contributed by atoms with Gasteiger partial charge in [0.2, 0.25) is 5.91 Å². The van der Waals surface area contributed by atoms with E-state index in [0.717, 1.165) is 36.5 Å². The Bertz CT molecular complexity index is 1070. The molecule has 0 atom stereocenters. The quantitative estimate of drug-likeness (QED) is 0.441. The summed E-state index contributed by atoms with van der Waals surface area (Å²) in [5.41, 5.74) is 9.40. The van der Waals surface area contributed by atoms with Crippen molar-refractivity contribution in [3.8, 4) is 6.07 Å². The Morgan fingerprint density at radius 3 is 2.70 bits per heavy atom. The molecule has 0 saturated carbocycles. The van der Waals surface area contributed by atoms with Crippen LogP contribution in [0.5, 0.6) is 0 Å². The van der Waals surface area contributed by atoms with Crippen LogP contribution in [-0.2, 0) is 24.3 Å². The molecule has 0 fully saturated rings. The number of carbonyl (C=O) groups excluding carboxylic acids is 1. The van der Waals surface area contributed by atoms with Crippen LogP contribution in [-0.4, -0.2) is 23.1 Å². The summed E-state index contributed by atoms with van der Waals surface area (Å²) in [5, 5.41) is 13.3. The fourth-order valence-electron chi connectivity index (χ4n) is 3.51. The predicted molar refractivity (Wildman–Crippen MR) is 124 cm³/mol. The molecule has 5 nitrogen and oxygen atoms in total. The van der Waals surface area contributed by atoms with Crippen LogP contribution in [0.2, 0.25) is 0 Å². The molecule has 0 unspecified atom stereocenters. The second kappa shape index (κ2) is 9.35. The first-order valence-electron chi connectivity index (χ1n) is 9.71. The number of carbonyl (C=O) groups is 1. The summed E-state index contributed by atoms with van der Waals surface area (Å²) in [6.07, 6.45) is 0.831. The van der Waals surface area contributed by atoms with E-state index in [-0.39, 0.29) is 11.7 Å². The minimum atomic E-state index is -0.104. The summed E-state index contributed by atoms with van der Waals surface area (Å²) in [7, 11) is 0. The van der Waals surface area contributed by atoms with Crippen molar-refractivity contribution in [3.63, 3.8) is 0 Å². The lowest BCUT2D eigenvalue weighted by atomic mass is 10.0. The first-order valence-corrected chi connectivity index (χ1v) is 11.5. The molecule has 2 aromatic carbocycles. The average molecular weight is 435 g/mol. The van der Waals surface area contributed by atoms with Gasteiger partial charge in [-0.2, -0.15) is 5.26 Å². The van der Waals surface area contributed by atoms with Crippen molar-refractivity contribution in [3.05, 3.63) is 76.2 Å². The van der Waals surface area contributed by atoms with Crippen LogP contribution in [0.3, 0.4) is 0 Å². The number of anilines is 2. The van der Waals surface area contributed by atoms with Crippen LogP contribution in [0, 0.1) is 11.3 Å². The molecule has 30 heavy (non-hydrogen) atoms. The van der Waals surface area contributed by atoms with Gasteiger partial charge in [0.05, 0.1) is 11.3 Å². The Labute approximate surface area is 184 Å². The van der Waals surface area contributed by atoms with Crippen molar-refractivity contribution in [2.24, 2.45) is 0 Å². The van der Waals surface area contributed by atoms with Gasteiger partial charge in [0.1, 0.15) is 11.1 Å². The molecule has 7 heteroatoms. The SMILES string of the molecule is N#Cc1c(NC(=O)CSc2ccc(N)cc2)sc2c1CCN(Cc1ccccc1)C2. The third kappa shape index (κ3) is 4.85. The maximum Gasteiger partial charge on any atom is 0.235 e. The van der Waals surface area contributed by atoms with Crippen molar-refractivity contribution < 1.29 is 4.79 Å². The number of hydrogen-bond acceptors (Lipinski definition) is 6. The largest absolute Gasteiger partial charge is 0.399 e. The standard InChI is InChI=1S/C23H22N4OS2/c24-12-20-19-10-11-27(13-16-4-2-1-3-5-16)14-21(19)30-23(20)26-22(28)15-29-18-8-6-17(25)7-9-18/h1-9H,10-11,13-15,25H2,(H,26,28). The number of nitrogens with zero attached hydrogens (tertiary/aromatic N) is 2. The second-order valence-corrected chi connectivity index (χ2v) is 9.33. The number of benzene rings is 2. The van der Waals surface area contributed by atoms with E-state index in [9.17, 15) is 10.1 Å².